The summed E-state index contributed by atoms with van der Waals surface area (Å²) in [5, 5.41) is 3.45. The molecule has 136 valence electrons. The number of nitrogens with one attached hydrogen (secondary N) is 1. The molecular weight excluding hydrogens is 344 g/mol. The molecule has 0 spiro atoms. The summed E-state index contributed by atoms with van der Waals surface area (Å²) in [6.07, 6.45) is 3.45. The Hall–Kier alpha value is -2.40. The third-order valence-corrected chi connectivity index (χ3v) is 5.15. The summed E-state index contributed by atoms with van der Waals surface area (Å²) in [6, 6.07) is 12.3. The maximum absolute atomic E-state index is 12.2. The van der Waals surface area contributed by atoms with Gasteiger partial charge >= 0.3 is 0 Å². The highest BCUT2D eigenvalue weighted by Crippen LogP contribution is 2.27. The van der Waals surface area contributed by atoms with E-state index in [2.05, 4.69) is 29.4 Å². The van der Waals surface area contributed by atoms with Gasteiger partial charge < -0.3 is 4.74 Å². The molecule has 0 atom stereocenters. The van der Waals surface area contributed by atoms with Crippen molar-refractivity contribution >= 4 is 32.6 Å². The molecule has 0 unspecified atom stereocenters. The van der Waals surface area contributed by atoms with E-state index in [9.17, 15) is 4.79 Å². The lowest BCUT2D eigenvalue weighted by Crippen LogP contribution is -2.20. The number of carbonyl (C=O) groups excluding carboxylic acids is 1. The minimum atomic E-state index is -0.198. The molecule has 0 aliphatic carbocycles. The average Bonchev–Trinajstić information content (AvgIpc) is 3.02. The SMILES string of the molecule is CCCCc1ccc2nc(NC(=O)COc3cc(C)ccc3C)sc2c1. The Morgan fingerprint density at radius 1 is 1.19 bits per heavy atom. The molecule has 1 amide bonds. The van der Waals surface area contributed by atoms with Gasteiger partial charge in [-0.15, -0.1) is 0 Å². The quantitative estimate of drug-likeness (QED) is 0.618. The molecule has 5 heteroatoms. The van der Waals surface area contributed by atoms with Crippen LogP contribution in [0.3, 0.4) is 0 Å². The number of anilines is 1. The lowest BCUT2D eigenvalue weighted by molar-refractivity contribution is -0.118. The van der Waals surface area contributed by atoms with Crippen molar-refractivity contribution in [2.45, 2.75) is 40.0 Å². The Morgan fingerprint density at radius 2 is 2.04 bits per heavy atom. The lowest BCUT2D eigenvalue weighted by Gasteiger charge is -2.09. The van der Waals surface area contributed by atoms with Crippen LogP contribution in [0.2, 0.25) is 0 Å². The van der Waals surface area contributed by atoms with Crippen molar-refractivity contribution in [3.63, 3.8) is 0 Å². The van der Waals surface area contributed by atoms with Crippen LogP contribution in [0.4, 0.5) is 5.13 Å². The third kappa shape index (κ3) is 4.61. The van der Waals surface area contributed by atoms with Gasteiger partial charge in [0, 0.05) is 0 Å². The van der Waals surface area contributed by atoms with Gasteiger partial charge in [-0.1, -0.05) is 42.9 Å². The number of hydrogen-bond donors (Lipinski definition) is 1. The number of hydrogen-bond acceptors (Lipinski definition) is 4. The number of rotatable bonds is 7. The van der Waals surface area contributed by atoms with E-state index in [0.717, 1.165) is 33.5 Å². The van der Waals surface area contributed by atoms with E-state index in [0.29, 0.717) is 5.13 Å². The molecule has 0 radical (unpaired) electrons. The van der Waals surface area contributed by atoms with Crippen LogP contribution >= 0.6 is 11.3 Å². The first-order valence-electron chi connectivity index (χ1n) is 8.94. The summed E-state index contributed by atoms with van der Waals surface area (Å²) in [4.78, 5) is 16.7. The third-order valence-electron chi connectivity index (χ3n) is 4.22. The predicted molar refractivity (Wildman–Crippen MR) is 108 cm³/mol. The average molecular weight is 369 g/mol. The molecule has 0 fully saturated rings. The van der Waals surface area contributed by atoms with Gasteiger partial charge in [-0.3, -0.25) is 10.1 Å². The van der Waals surface area contributed by atoms with Crippen molar-refractivity contribution in [2.75, 3.05) is 11.9 Å². The van der Waals surface area contributed by atoms with Crippen LogP contribution in [0, 0.1) is 13.8 Å². The van der Waals surface area contributed by atoms with Crippen molar-refractivity contribution in [1.82, 2.24) is 4.98 Å². The Kier molecular flexibility index (Phi) is 5.89. The molecule has 26 heavy (non-hydrogen) atoms. The molecule has 0 bridgehead atoms. The molecule has 0 aliphatic heterocycles. The van der Waals surface area contributed by atoms with Crippen LogP contribution in [-0.4, -0.2) is 17.5 Å². The molecule has 0 saturated heterocycles. The van der Waals surface area contributed by atoms with E-state index in [1.54, 1.807) is 0 Å². The topological polar surface area (TPSA) is 51.2 Å². The Bertz CT molecular complexity index is 918. The van der Waals surface area contributed by atoms with Crippen LogP contribution in [0.5, 0.6) is 5.75 Å². The molecular formula is C21H24N2O2S. The van der Waals surface area contributed by atoms with Crippen LogP contribution in [0.25, 0.3) is 10.2 Å². The zero-order valence-electron chi connectivity index (χ0n) is 15.5. The first-order valence-corrected chi connectivity index (χ1v) is 9.76. The Labute approximate surface area is 158 Å². The molecule has 0 saturated carbocycles. The van der Waals surface area contributed by atoms with Crippen LogP contribution < -0.4 is 10.1 Å². The van der Waals surface area contributed by atoms with Crippen molar-refractivity contribution in [1.29, 1.82) is 0 Å². The van der Waals surface area contributed by atoms with E-state index >= 15 is 0 Å². The lowest BCUT2D eigenvalue weighted by atomic mass is 10.1. The number of nitrogens with zero attached hydrogens (tertiary/aromatic N) is 1. The second-order valence-electron chi connectivity index (χ2n) is 6.53. The fourth-order valence-electron chi connectivity index (χ4n) is 2.72. The molecule has 2 aromatic carbocycles. The van der Waals surface area contributed by atoms with E-state index in [1.807, 2.05) is 38.1 Å². The fourth-order valence-corrected chi connectivity index (χ4v) is 3.67. The summed E-state index contributed by atoms with van der Waals surface area (Å²) in [7, 11) is 0. The van der Waals surface area contributed by atoms with Gasteiger partial charge in [-0.25, -0.2) is 4.98 Å². The van der Waals surface area contributed by atoms with Crippen molar-refractivity contribution in [3.05, 3.63) is 53.1 Å². The molecule has 4 nitrogen and oxygen atoms in total. The number of aromatic nitrogens is 1. The van der Waals surface area contributed by atoms with Gasteiger partial charge in [-0.2, -0.15) is 0 Å². The highest BCUT2D eigenvalue weighted by Gasteiger charge is 2.10. The van der Waals surface area contributed by atoms with Crippen molar-refractivity contribution < 1.29 is 9.53 Å². The number of amides is 1. The number of carbonyl (C=O) groups is 1. The first-order chi connectivity index (χ1) is 12.5. The molecule has 0 aliphatic rings. The summed E-state index contributed by atoms with van der Waals surface area (Å²) in [6.45, 7) is 6.14. The number of fused-ring (bicyclic) bond motifs is 1. The van der Waals surface area contributed by atoms with E-state index in [4.69, 9.17) is 4.74 Å². The van der Waals surface area contributed by atoms with E-state index in [-0.39, 0.29) is 12.5 Å². The molecule has 3 rings (SSSR count). The van der Waals surface area contributed by atoms with Gasteiger partial charge in [-0.05, 0) is 61.6 Å². The first kappa shape index (κ1) is 18.4. The van der Waals surface area contributed by atoms with Crippen LogP contribution in [0.1, 0.15) is 36.5 Å². The Morgan fingerprint density at radius 3 is 2.85 bits per heavy atom. The number of thiazole rings is 1. The number of ether oxygens (including phenoxy) is 1. The van der Waals surface area contributed by atoms with Gasteiger partial charge in [0.05, 0.1) is 10.2 Å². The van der Waals surface area contributed by atoms with E-state index in [1.165, 1.54) is 29.7 Å². The van der Waals surface area contributed by atoms with Crippen LogP contribution in [-0.2, 0) is 11.2 Å². The highest BCUT2D eigenvalue weighted by atomic mass is 32.1. The monoisotopic (exact) mass is 368 g/mol. The van der Waals surface area contributed by atoms with Gasteiger partial charge in [0.25, 0.3) is 5.91 Å². The fraction of sp³-hybridized carbons (Fsp3) is 0.333. The molecule has 1 aromatic heterocycles. The summed E-state index contributed by atoms with van der Waals surface area (Å²) < 4.78 is 6.76. The second kappa shape index (κ2) is 8.32. The van der Waals surface area contributed by atoms with E-state index < -0.39 is 0 Å². The maximum Gasteiger partial charge on any atom is 0.264 e. The minimum Gasteiger partial charge on any atom is -0.483 e. The second-order valence-corrected chi connectivity index (χ2v) is 7.56. The zero-order chi connectivity index (χ0) is 18.5. The summed E-state index contributed by atoms with van der Waals surface area (Å²) in [5.74, 6) is 0.543. The summed E-state index contributed by atoms with van der Waals surface area (Å²) >= 11 is 1.50. The molecule has 1 N–H and O–H groups in total. The highest BCUT2D eigenvalue weighted by molar-refractivity contribution is 7.22. The summed E-state index contributed by atoms with van der Waals surface area (Å²) in [5.41, 5.74) is 4.36. The predicted octanol–water partition coefficient (Wildman–Crippen LogP) is 5.27. The zero-order valence-corrected chi connectivity index (χ0v) is 16.3. The normalized spacial score (nSPS) is 10.9. The van der Waals surface area contributed by atoms with Crippen LogP contribution in [0.15, 0.2) is 36.4 Å². The smallest absolute Gasteiger partial charge is 0.264 e. The number of aryl methyl sites for hydroxylation is 3. The number of unbranched alkanes of at least 4 members (excludes halogenated alkanes) is 1. The molecule has 3 aromatic rings. The van der Waals surface area contributed by atoms with Gasteiger partial charge in [0.2, 0.25) is 0 Å². The Balaban J connectivity index is 1.62. The van der Waals surface area contributed by atoms with Crippen molar-refractivity contribution in [2.24, 2.45) is 0 Å². The van der Waals surface area contributed by atoms with Gasteiger partial charge in [0.15, 0.2) is 11.7 Å². The molecule has 1 heterocycles. The minimum absolute atomic E-state index is 0.0258. The standard InChI is InChI=1S/C21H24N2O2S/c1-4-5-6-16-9-10-17-19(12-16)26-21(22-17)23-20(24)13-25-18-11-14(2)7-8-15(18)3/h7-12H,4-6,13H2,1-3H3,(H,22,23,24). The van der Waals surface area contributed by atoms with Gasteiger partial charge in [0.1, 0.15) is 5.75 Å². The maximum atomic E-state index is 12.2. The largest absolute Gasteiger partial charge is 0.483 e. The number of benzene rings is 2. The van der Waals surface area contributed by atoms with Crippen molar-refractivity contribution in [3.8, 4) is 5.75 Å².